The summed E-state index contributed by atoms with van der Waals surface area (Å²) in [5, 5.41) is 0. The maximum atomic E-state index is 13.8. The first kappa shape index (κ1) is 26.4. The van der Waals surface area contributed by atoms with E-state index >= 15 is 0 Å². The first-order valence-corrected chi connectivity index (χ1v) is 14.0. The molecule has 0 N–H and O–H groups in total. The van der Waals surface area contributed by atoms with Gasteiger partial charge >= 0.3 is 0 Å². The smallest absolute Gasteiger partial charge is 0.241 e. The van der Waals surface area contributed by atoms with E-state index in [0.29, 0.717) is 39.2 Å². The lowest BCUT2D eigenvalue weighted by Gasteiger charge is -2.31. The van der Waals surface area contributed by atoms with E-state index in [4.69, 9.17) is 4.74 Å². The van der Waals surface area contributed by atoms with Gasteiger partial charge < -0.3 is 19.3 Å². The van der Waals surface area contributed by atoms with E-state index in [1.54, 1.807) is 0 Å². The Bertz CT molecular complexity index is 1180. The van der Waals surface area contributed by atoms with E-state index in [-0.39, 0.29) is 36.2 Å². The van der Waals surface area contributed by atoms with Crippen molar-refractivity contribution in [2.75, 3.05) is 44.2 Å². The normalized spacial score (nSPS) is 22.9. The van der Waals surface area contributed by atoms with Crippen LogP contribution in [0.1, 0.15) is 49.7 Å². The molecule has 3 aliphatic heterocycles. The average Bonchev–Trinajstić information content (AvgIpc) is 3.63. The number of rotatable bonds is 10. The van der Waals surface area contributed by atoms with E-state index in [2.05, 4.69) is 24.0 Å². The number of benzene rings is 1. The molecule has 4 heterocycles. The third kappa shape index (κ3) is 5.46. The zero-order valence-corrected chi connectivity index (χ0v) is 22.6. The molecule has 202 valence electrons. The first-order valence-electron chi connectivity index (χ1n) is 14.0. The van der Waals surface area contributed by atoms with Gasteiger partial charge in [-0.1, -0.05) is 25.5 Å². The molecule has 2 saturated heterocycles. The first-order chi connectivity index (χ1) is 18.5. The number of aryl methyl sites for hydroxylation is 1. The number of amides is 2. The lowest BCUT2D eigenvalue weighted by Crippen LogP contribution is -2.48. The van der Waals surface area contributed by atoms with Crippen molar-refractivity contribution >= 4 is 23.8 Å². The summed E-state index contributed by atoms with van der Waals surface area (Å²) >= 11 is 0. The number of fused-ring (bicyclic) bond motifs is 1. The zero-order valence-electron chi connectivity index (χ0n) is 22.6. The highest BCUT2D eigenvalue weighted by molar-refractivity contribution is 5.94. The molecule has 0 spiro atoms. The van der Waals surface area contributed by atoms with Crippen molar-refractivity contribution in [3.63, 3.8) is 0 Å². The third-order valence-corrected chi connectivity index (χ3v) is 8.30. The Balaban J connectivity index is 1.42. The maximum Gasteiger partial charge on any atom is 0.241 e. The van der Waals surface area contributed by atoms with Gasteiger partial charge in [0.1, 0.15) is 24.8 Å². The summed E-state index contributed by atoms with van der Waals surface area (Å²) in [5.41, 5.74) is 3.16. The number of unbranched alkanes of at least 4 members (excludes halogenated alkanes) is 1. The van der Waals surface area contributed by atoms with Crippen LogP contribution in [0.15, 0.2) is 42.7 Å². The van der Waals surface area contributed by atoms with Crippen LogP contribution in [0.2, 0.25) is 0 Å². The van der Waals surface area contributed by atoms with Gasteiger partial charge in [0, 0.05) is 63.0 Å². The van der Waals surface area contributed by atoms with Crippen LogP contribution in [-0.2, 0) is 27.9 Å². The van der Waals surface area contributed by atoms with Gasteiger partial charge in [-0.25, -0.2) is 4.57 Å². The number of anilines is 1. The zero-order chi connectivity index (χ0) is 26.6. The van der Waals surface area contributed by atoms with Crippen LogP contribution in [0.5, 0.6) is 5.75 Å². The number of hydrogen-bond acceptors (Lipinski definition) is 5. The van der Waals surface area contributed by atoms with E-state index < -0.39 is 0 Å². The molecule has 3 aliphatic rings. The molecule has 2 fully saturated rings. The number of ether oxygens (including phenoxy) is 1. The van der Waals surface area contributed by atoms with Crippen LogP contribution in [0.4, 0.5) is 5.69 Å². The Labute approximate surface area is 225 Å². The summed E-state index contributed by atoms with van der Waals surface area (Å²) < 4.78 is 7.65. The van der Waals surface area contributed by atoms with Crippen molar-refractivity contribution < 1.29 is 23.7 Å². The maximum absolute atomic E-state index is 13.8. The number of pyridine rings is 1. The van der Waals surface area contributed by atoms with Crippen molar-refractivity contribution in [1.82, 2.24) is 9.80 Å². The number of likely N-dealkylation sites (tertiary alicyclic amines) is 2. The van der Waals surface area contributed by atoms with Crippen LogP contribution < -0.4 is 14.2 Å². The molecule has 0 unspecified atom stereocenters. The standard InChI is InChI=1S/C30H39N4O4/c1-3-4-14-34(24-7-5-12-31(2)17-24)30(37)20-33-18-25(22-9-10-28-23(16-22)11-15-38-28)26(21-35)27(33)19-32-13-6-8-29(32)36/h5,7,9-10,12,16-17,21,25-27H,3-4,6,8,11,13-15,18-20H2,1-2H3/q+1/t25-,26-,27+/m1/s1. The van der Waals surface area contributed by atoms with Crippen molar-refractivity contribution in [2.45, 2.75) is 51.0 Å². The summed E-state index contributed by atoms with van der Waals surface area (Å²) in [6, 6.07) is 9.97. The Kier molecular flexibility index (Phi) is 8.07. The molecule has 8 heteroatoms. The van der Waals surface area contributed by atoms with Crippen molar-refractivity contribution in [2.24, 2.45) is 13.0 Å². The number of aldehydes is 1. The fourth-order valence-electron chi connectivity index (χ4n) is 6.22. The summed E-state index contributed by atoms with van der Waals surface area (Å²) in [7, 11) is 1.95. The highest BCUT2D eigenvalue weighted by Gasteiger charge is 2.45. The van der Waals surface area contributed by atoms with Crippen LogP contribution in [0.3, 0.4) is 0 Å². The minimum Gasteiger partial charge on any atom is -0.493 e. The molecule has 5 rings (SSSR count). The van der Waals surface area contributed by atoms with Crippen molar-refractivity contribution in [3.05, 3.63) is 53.9 Å². The number of carbonyl (C=O) groups excluding carboxylic acids is 3. The average molecular weight is 520 g/mol. The molecule has 1 aromatic heterocycles. The largest absolute Gasteiger partial charge is 0.493 e. The van der Waals surface area contributed by atoms with Gasteiger partial charge in [0.05, 0.1) is 13.2 Å². The molecule has 2 amide bonds. The predicted octanol–water partition coefficient (Wildman–Crippen LogP) is 2.48. The van der Waals surface area contributed by atoms with Crippen LogP contribution >= 0.6 is 0 Å². The summed E-state index contributed by atoms with van der Waals surface area (Å²) in [6.45, 7) is 5.47. The second kappa shape index (κ2) is 11.6. The second-order valence-electron chi connectivity index (χ2n) is 10.9. The van der Waals surface area contributed by atoms with Gasteiger partial charge in [-0.3, -0.25) is 14.5 Å². The Hall–Kier alpha value is -3.26. The number of aromatic nitrogens is 1. The number of nitrogens with zero attached hydrogens (tertiary/aromatic N) is 4. The molecule has 3 atom stereocenters. The molecule has 0 saturated carbocycles. The van der Waals surface area contributed by atoms with Crippen LogP contribution in [-0.4, -0.2) is 73.3 Å². The van der Waals surface area contributed by atoms with E-state index in [1.807, 2.05) is 52.0 Å². The van der Waals surface area contributed by atoms with Crippen molar-refractivity contribution in [3.8, 4) is 5.75 Å². The fraction of sp³-hybridized carbons (Fsp3) is 0.533. The summed E-state index contributed by atoms with van der Waals surface area (Å²) in [5.74, 6) is 0.751. The van der Waals surface area contributed by atoms with Crippen LogP contribution in [0, 0.1) is 5.92 Å². The third-order valence-electron chi connectivity index (χ3n) is 8.30. The molecule has 0 aliphatic carbocycles. The van der Waals surface area contributed by atoms with Gasteiger partial charge in [0.25, 0.3) is 0 Å². The highest BCUT2D eigenvalue weighted by atomic mass is 16.5. The lowest BCUT2D eigenvalue weighted by molar-refractivity contribution is -0.670. The minimum atomic E-state index is -0.296. The Morgan fingerprint density at radius 3 is 2.87 bits per heavy atom. The van der Waals surface area contributed by atoms with E-state index in [0.717, 1.165) is 49.0 Å². The quantitative estimate of drug-likeness (QED) is 0.356. The van der Waals surface area contributed by atoms with E-state index in [1.165, 1.54) is 5.56 Å². The molecular formula is C30H39N4O4+. The van der Waals surface area contributed by atoms with E-state index in [9.17, 15) is 14.4 Å². The molecule has 1 aromatic carbocycles. The second-order valence-corrected chi connectivity index (χ2v) is 10.9. The molecular weight excluding hydrogens is 480 g/mol. The van der Waals surface area contributed by atoms with Crippen molar-refractivity contribution in [1.29, 1.82) is 0 Å². The number of hydrogen-bond donors (Lipinski definition) is 0. The molecule has 0 radical (unpaired) electrons. The fourth-order valence-corrected chi connectivity index (χ4v) is 6.22. The SMILES string of the molecule is CCCCN(C(=O)CN1C[C@H](c2ccc3c(c2)CCO3)[C@@H](C=O)[C@@H]1CN1CCCC1=O)c1ccc[n+](C)c1. The number of carbonyl (C=O) groups is 3. The van der Waals surface area contributed by atoms with Crippen LogP contribution in [0.25, 0.3) is 0 Å². The molecule has 2 aromatic rings. The van der Waals surface area contributed by atoms with Gasteiger partial charge in [0.2, 0.25) is 11.8 Å². The highest BCUT2D eigenvalue weighted by Crippen LogP contribution is 2.39. The van der Waals surface area contributed by atoms with Gasteiger partial charge in [-0.15, -0.1) is 0 Å². The Morgan fingerprint density at radius 1 is 1.26 bits per heavy atom. The predicted molar refractivity (Wildman–Crippen MR) is 144 cm³/mol. The summed E-state index contributed by atoms with van der Waals surface area (Å²) in [4.78, 5) is 44.9. The Morgan fingerprint density at radius 2 is 2.13 bits per heavy atom. The molecule has 38 heavy (non-hydrogen) atoms. The minimum absolute atomic E-state index is 0.0232. The van der Waals surface area contributed by atoms with Gasteiger partial charge in [-0.2, -0.15) is 0 Å². The molecule has 0 bridgehead atoms. The van der Waals surface area contributed by atoms with Gasteiger partial charge in [-0.05, 0) is 36.1 Å². The topological polar surface area (TPSA) is 74.0 Å². The lowest BCUT2D eigenvalue weighted by atomic mass is 9.85. The molecule has 8 nitrogen and oxygen atoms in total. The van der Waals surface area contributed by atoms with Gasteiger partial charge in [0.15, 0.2) is 12.4 Å². The summed E-state index contributed by atoms with van der Waals surface area (Å²) in [6.07, 6.45) is 9.16. The monoisotopic (exact) mass is 519 g/mol.